The molecule has 1 spiro atoms. The molecule has 0 bridgehead atoms. The number of anilines is 3. The van der Waals surface area contributed by atoms with Gasteiger partial charge in [0.2, 0.25) is 0 Å². The Hall–Kier alpha value is -6.38. The van der Waals surface area contributed by atoms with E-state index in [-0.39, 0.29) is 10.8 Å². The number of nitrogens with zero attached hydrogens (tertiary/aromatic N) is 1. The molecule has 3 aliphatic carbocycles. The first-order chi connectivity index (χ1) is 26.9. The molecule has 0 radical (unpaired) electrons. The third-order valence-corrected chi connectivity index (χ3v) is 12.8. The van der Waals surface area contributed by atoms with Crippen molar-refractivity contribution in [3.63, 3.8) is 0 Å². The molecule has 260 valence electrons. The number of benzene rings is 8. The van der Waals surface area contributed by atoms with E-state index in [2.05, 4.69) is 209 Å². The van der Waals surface area contributed by atoms with Crippen molar-refractivity contribution in [3.8, 4) is 44.5 Å². The minimum absolute atomic E-state index is 0.116. The molecule has 55 heavy (non-hydrogen) atoms. The van der Waals surface area contributed by atoms with Gasteiger partial charge in [0.25, 0.3) is 0 Å². The minimum Gasteiger partial charge on any atom is -0.310 e. The van der Waals surface area contributed by atoms with E-state index in [4.69, 9.17) is 0 Å². The Labute approximate surface area is 325 Å². The van der Waals surface area contributed by atoms with Gasteiger partial charge in [-0.3, -0.25) is 0 Å². The first-order valence-corrected chi connectivity index (χ1v) is 19.5. The summed E-state index contributed by atoms with van der Waals surface area (Å²) in [5, 5.41) is 0. The topological polar surface area (TPSA) is 3.24 Å². The molecule has 8 aromatic carbocycles. The highest BCUT2D eigenvalue weighted by atomic mass is 15.1. The van der Waals surface area contributed by atoms with Gasteiger partial charge in [-0.2, -0.15) is 0 Å². The molecular weight excluding hydrogens is 661 g/mol. The van der Waals surface area contributed by atoms with Crippen molar-refractivity contribution in [2.24, 2.45) is 0 Å². The fourth-order valence-electron chi connectivity index (χ4n) is 10.3. The summed E-state index contributed by atoms with van der Waals surface area (Å²) >= 11 is 0. The van der Waals surface area contributed by atoms with Crippen LogP contribution in [0.5, 0.6) is 0 Å². The van der Waals surface area contributed by atoms with Gasteiger partial charge >= 0.3 is 0 Å². The van der Waals surface area contributed by atoms with Crippen LogP contribution in [-0.2, 0) is 10.8 Å². The van der Waals surface area contributed by atoms with Crippen molar-refractivity contribution in [1.29, 1.82) is 0 Å². The van der Waals surface area contributed by atoms with Crippen LogP contribution in [0.4, 0.5) is 17.1 Å². The van der Waals surface area contributed by atoms with Crippen LogP contribution >= 0.6 is 0 Å². The average molecular weight is 702 g/mol. The van der Waals surface area contributed by atoms with Crippen molar-refractivity contribution in [1.82, 2.24) is 0 Å². The van der Waals surface area contributed by atoms with E-state index in [0.717, 1.165) is 17.1 Å². The molecule has 0 saturated carbocycles. The van der Waals surface area contributed by atoms with E-state index in [0.29, 0.717) is 0 Å². The van der Waals surface area contributed by atoms with Crippen LogP contribution in [-0.4, -0.2) is 7.85 Å². The van der Waals surface area contributed by atoms with E-state index in [1.807, 2.05) is 0 Å². The molecule has 1 unspecified atom stereocenters. The van der Waals surface area contributed by atoms with Crippen LogP contribution in [0.1, 0.15) is 52.8 Å². The summed E-state index contributed by atoms with van der Waals surface area (Å²) in [7, 11) is 2.23. The molecule has 0 saturated heterocycles. The van der Waals surface area contributed by atoms with E-state index in [9.17, 15) is 0 Å². The smallest absolute Gasteiger partial charge is 0.139 e. The second kappa shape index (κ2) is 11.6. The lowest BCUT2D eigenvalue weighted by atomic mass is 9.69. The highest BCUT2D eigenvalue weighted by Crippen LogP contribution is 2.63. The molecule has 0 aromatic heterocycles. The molecular formula is C53H40BN. The van der Waals surface area contributed by atoms with Crippen molar-refractivity contribution in [2.45, 2.75) is 31.6 Å². The zero-order chi connectivity index (χ0) is 37.1. The lowest BCUT2D eigenvalue weighted by molar-refractivity contribution is 0.660. The summed E-state index contributed by atoms with van der Waals surface area (Å²) < 4.78 is 0. The molecule has 0 fully saturated rings. The molecule has 0 amide bonds. The van der Waals surface area contributed by atoms with Crippen LogP contribution in [0.2, 0.25) is 0 Å². The third kappa shape index (κ3) is 4.37. The van der Waals surface area contributed by atoms with Gasteiger partial charge in [0.15, 0.2) is 0 Å². The van der Waals surface area contributed by atoms with Crippen LogP contribution in [0.3, 0.4) is 0 Å². The van der Waals surface area contributed by atoms with Crippen LogP contribution in [0, 0.1) is 6.92 Å². The summed E-state index contributed by atoms with van der Waals surface area (Å²) in [4.78, 5) is 2.50. The Kier molecular flexibility index (Phi) is 6.75. The van der Waals surface area contributed by atoms with E-state index in [1.54, 1.807) is 0 Å². The molecule has 0 N–H and O–H groups in total. The predicted molar refractivity (Wildman–Crippen MR) is 233 cm³/mol. The highest BCUT2D eigenvalue weighted by Gasteiger charge is 2.52. The quantitative estimate of drug-likeness (QED) is 0.165. The number of para-hydroxylation sites is 1. The number of fused-ring (bicyclic) bond motifs is 13. The average Bonchev–Trinajstić information content (AvgIpc) is 3.76. The van der Waals surface area contributed by atoms with Crippen LogP contribution in [0.15, 0.2) is 176 Å². The van der Waals surface area contributed by atoms with Gasteiger partial charge in [0.05, 0.1) is 11.1 Å². The van der Waals surface area contributed by atoms with Crippen molar-refractivity contribution in [3.05, 3.63) is 215 Å². The van der Waals surface area contributed by atoms with Gasteiger partial charge in [-0.15, -0.1) is 0 Å². The number of aryl methyl sites for hydroxylation is 1. The van der Waals surface area contributed by atoms with E-state index >= 15 is 0 Å². The Morgan fingerprint density at radius 2 is 0.945 bits per heavy atom. The van der Waals surface area contributed by atoms with Crippen molar-refractivity contribution < 1.29 is 0 Å². The normalized spacial score (nSPS) is 16.2. The van der Waals surface area contributed by atoms with Gasteiger partial charge in [-0.05, 0) is 110 Å². The molecule has 8 aromatic rings. The molecule has 1 atom stereocenters. The van der Waals surface area contributed by atoms with Gasteiger partial charge in [-0.1, -0.05) is 170 Å². The van der Waals surface area contributed by atoms with E-state index in [1.165, 1.54) is 88.9 Å². The number of hydrogen-bond acceptors (Lipinski definition) is 1. The Morgan fingerprint density at radius 1 is 0.400 bits per heavy atom. The first kappa shape index (κ1) is 32.1. The third-order valence-electron chi connectivity index (χ3n) is 12.8. The summed E-state index contributed by atoms with van der Waals surface area (Å²) in [5.41, 5.74) is 24.1. The maximum Gasteiger partial charge on any atom is 0.139 e. The molecule has 1 nitrogen and oxygen atoms in total. The molecule has 11 rings (SSSR count). The van der Waals surface area contributed by atoms with Crippen molar-refractivity contribution >= 4 is 30.4 Å². The Bertz CT molecular complexity index is 2830. The molecule has 3 aliphatic rings. The SMILES string of the molecule is Bc1ccc2c(c1)C1(c3ccccc3-c3cc(N(c4ccc5c(c4)C(C)(C)c4ccccc4-5)c4ccccc4-c4ccccc4)ccc31)c1cc(C)ccc1-2. The highest BCUT2D eigenvalue weighted by molar-refractivity contribution is 6.32. The standard InChI is InChI=1S/C53H40BN/c1-33-21-25-42-43-26-22-35(54)30-50(43)53(49(42)29-33)46-19-11-8-17-40(46)44-31-36(24-28-47(44)53)55(51-20-12-9-15-38(51)34-13-5-4-6-14-34)37-23-27-41-39-16-7-10-18-45(39)52(2,3)48(41)32-37/h4-32H,54H2,1-3H3. The second-order valence-corrected chi connectivity index (χ2v) is 16.2. The van der Waals surface area contributed by atoms with Gasteiger partial charge in [0, 0.05) is 22.4 Å². The largest absolute Gasteiger partial charge is 0.310 e. The number of hydrogen-bond donors (Lipinski definition) is 0. The van der Waals surface area contributed by atoms with Gasteiger partial charge in [-0.25, -0.2) is 0 Å². The van der Waals surface area contributed by atoms with Gasteiger partial charge in [0.1, 0.15) is 7.85 Å². The Balaban J connectivity index is 1.18. The first-order valence-electron chi connectivity index (χ1n) is 19.5. The lowest BCUT2D eigenvalue weighted by Gasteiger charge is -2.32. The zero-order valence-electron chi connectivity index (χ0n) is 31.7. The molecule has 0 heterocycles. The fourth-order valence-corrected chi connectivity index (χ4v) is 10.3. The molecule has 0 aliphatic heterocycles. The van der Waals surface area contributed by atoms with Gasteiger partial charge < -0.3 is 4.90 Å². The fraction of sp³-hybridized carbons (Fsp3) is 0.0943. The summed E-state index contributed by atoms with van der Waals surface area (Å²) in [5.74, 6) is 0. The summed E-state index contributed by atoms with van der Waals surface area (Å²) in [6.07, 6.45) is 0. The van der Waals surface area contributed by atoms with Crippen LogP contribution < -0.4 is 10.4 Å². The second-order valence-electron chi connectivity index (χ2n) is 16.2. The predicted octanol–water partition coefficient (Wildman–Crippen LogP) is 12.0. The van der Waals surface area contributed by atoms with E-state index < -0.39 is 0 Å². The van der Waals surface area contributed by atoms with Crippen LogP contribution in [0.25, 0.3) is 44.5 Å². The maximum absolute atomic E-state index is 2.50. The zero-order valence-corrected chi connectivity index (χ0v) is 31.7. The summed E-state index contributed by atoms with van der Waals surface area (Å²) in [6.45, 7) is 6.97. The minimum atomic E-state index is -0.386. The summed E-state index contributed by atoms with van der Waals surface area (Å²) in [6, 6.07) is 66.3. The number of rotatable bonds is 4. The Morgan fingerprint density at radius 3 is 1.75 bits per heavy atom. The van der Waals surface area contributed by atoms with Crippen molar-refractivity contribution in [2.75, 3.05) is 4.90 Å². The maximum atomic E-state index is 2.50. The monoisotopic (exact) mass is 701 g/mol. The lowest BCUT2D eigenvalue weighted by Crippen LogP contribution is -2.27. The molecule has 2 heteroatoms.